The molecule has 2 fully saturated rings. The summed E-state index contributed by atoms with van der Waals surface area (Å²) < 4.78 is 5.67. The molecule has 98 valence electrons. The lowest BCUT2D eigenvalue weighted by atomic mass is 9.63. The van der Waals surface area contributed by atoms with Crippen molar-refractivity contribution in [3.63, 3.8) is 0 Å². The Bertz CT molecular complexity index is 308. The number of ether oxygens (including phenoxy) is 1. The van der Waals surface area contributed by atoms with Crippen LogP contribution in [0.3, 0.4) is 0 Å². The monoisotopic (exact) mass is 238 g/mol. The summed E-state index contributed by atoms with van der Waals surface area (Å²) >= 11 is 0. The number of esters is 1. The van der Waals surface area contributed by atoms with Crippen LogP contribution >= 0.6 is 0 Å². The summed E-state index contributed by atoms with van der Waals surface area (Å²) in [7, 11) is 0. The van der Waals surface area contributed by atoms with Crippen molar-refractivity contribution in [2.75, 3.05) is 0 Å². The molecule has 2 rings (SSSR count). The van der Waals surface area contributed by atoms with Crippen molar-refractivity contribution in [2.24, 2.45) is 16.7 Å². The number of hydrogen-bond donors (Lipinski definition) is 0. The van der Waals surface area contributed by atoms with Crippen molar-refractivity contribution >= 4 is 5.97 Å². The van der Waals surface area contributed by atoms with E-state index in [0.29, 0.717) is 11.3 Å². The molecule has 0 N–H and O–H groups in total. The minimum absolute atomic E-state index is 0.0682. The van der Waals surface area contributed by atoms with E-state index in [4.69, 9.17) is 4.74 Å². The van der Waals surface area contributed by atoms with E-state index in [0.717, 1.165) is 32.1 Å². The zero-order chi connectivity index (χ0) is 12.7. The number of carbonyl (C=O) groups is 1. The SMILES string of the molecule is CCCC[C@]1(C)C(=O)OC2CC(C)(C)CCC21. The first-order valence-corrected chi connectivity index (χ1v) is 7.10. The van der Waals surface area contributed by atoms with Gasteiger partial charge in [0, 0.05) is 5.92 Å². The third-order valence-corrected chi connectivity index (χ3v) is 4.93. The molecule has 0 amide bonds. The van der Waals surface area contributed by atoms with Gasteiger partial charge in [0.2, 0.25) is 0 Å². The van der Waals surface area contributed by atoms with Crippen molar-refractivity contribution in [3.8, 4) is 0 Å². The van der Waals surface area contributed by atoms with Crippen molar-refractivity contribution in [2.45, 2.75) is 72.3 Å². The molecule has 2 aliphatic rings. The Labute approximate surface area is 105 Å². The molecule has 2 unspecified atom stereocenters. The molecule has 0 aromatic rings. The van der Waals surface area contributed by atoms with Gasteiger partial charge < -0.3 is 4.74 Å². The second kappa shape index (κ2) is 4.29. The zero-order valence-electron chi connectivity index (χ0n) is 11.7. The van der Waals surface area contributed by atoms with Crippen LogP contribution in [0, 0.1) is 16.7 Å². The Morgan fingerprint density at radius 2 is 2.06 bits per heavy atom. The highest BCUT2D eigenvalue weighted by Gasteiger charge is 2.55. The van der Waals surface area contributed by atoms with E-state index in [2.05, 4.69) is 27.7 Å². The van der Waals surface area contributed by atoms with E-state index in [1.807, 2.05) is 0 Å². The minimum atomic E-state index is -0.197. The van der Waals surface area contributed by atoms with Crippen LogP contribution in [0.15, 0.2) is 0 Å². The molecule has 0 aromatic carbocycles. The van der Waals surface area contributed by atoms with Gasteiger partial charge in [-0.05, 0) is 38.0 Å². The summed E-state index contributed by atoms with van der Waals surface area (Å²) in [5, 5.41) is 0. The maximum absolute atomic E-state index is 12.2. The standard InChI is InChI=1S/C15H26O2/c1-5-6-8-15(4)11-7-9-14(2,3)10-12(11)17-13(15)16/h11-12H,5-10H2,1-4H3/t11?,12?,15-/m0/s1. The quantitative estimate of drug-likeness (QED) is 0.696. The molecule has 1 aliphatic carbocycles. The molecule has 2 heteroatoms. The number of hydrogen-bond acceptors (Lipinski definition) is 2. The summed E-state index contributed by atoms with van der Waals surface area (Å²) in [5.74, 6) is 0.535. The van der Waals surface area contributed by atoms with Crippen molar-refractivity contribution < 1.29 is 9.53 Å². The predicted octanol–water partition coefficient (Wildman–Crippen LogP) is 3.93. The van der Waals surface area contributed by atoms with Gasteiger partial charge in [-0.1, -0.05) is 33.6 Å². The third kappa shape index (κ3) is 2.23. The third-order valence-electron chi connectivity index (χ3n) is 4.93. The Morgan fingerprint density at radius 3 is 2.71 bits per heavy atom. The molecule has 0 aromatic heterocycles. The lowest BCUT2D eigenvalue weighted by Gasteiger charge is -2.39. The van der Waals surface area contributed by atoms with Gasteiger partial charge in [0.05, 0.1) is 5.41 Å². The van der Waals surface area contributed by atoms with Gasteiger partial charge in [-0.25, -0.2) is 0 Å². The average Bonchev–Trinajstić information content (AvgIpc) is 2.47. The van der Waals surface area contributed by atoms with E-state index < -0.39 is 0 Å². The van der Waals surface area contributed by atoms with Gasteiger partial charge in [-0.3, -0.25) is 4.79 Å². The highest BCUT2D eigenvalue weighted by Crippen LogP contribution is 2.53. The predicted molar refractivity (Wildman–Crippen MR) is 68.6 cm³/mol. The number of fused-ring (bicyclic) bond motifs is 1. The van der Waals surface area contributed by atoms with E-state index in [1.165, 1.54) is 6.42 Å². The summed E-state index contributed by atoms with van der Waals surface area (Å²) in [6, 6.07) is 0. The average molecular weight is 238 g/mol. The second-order valence-electron chi connectivity index (χ2n) is 6.98. The fraction of sp³-hybridized carbons (Fsp3) is 0.933. The van der Waals surface area contributed by atoms with E-state index in [-0.39, 0.29) is 17.5 Å². The fourth-order valence-corrected chi connectivity index (χ4v) is 3.63. The summed E-state index contributed by atoms with van der Waals surface area (Å²) in [6.45, 7) is 8.90. The number of unbranched alkanes of at least 4 members (excludes halogenated alkanes) is 1. The van der Waals surface area contributed by atoms with Gasteiger partial charge in [-0.15, -0.1) is 0 Å². The fourth-order valence-electron chi connectivity index (χ4n) is 3.63. The normalized spacial score (nSPS) is 39.9. The van der Waals surface area contributed by atoms with Gasteiger partial charge in [0.25, 0.3) is 0 Å². The first kappa shape index (κ1) is 12.9. The molecule has 17 heavy (non-hydrogen) atoms. The molecule has 0 spiro atoms. The highest BCUT2D eigenvalue weighted by molar-refractivity contribution is 5.79. The molecule has 2 nitrogen and oxygen atoms in total. The lowest BCUT2D eigenvalue weighted by Crippen LogP contribution is -2.38. The Balaban J connectivity index is 2.13. The molecule has 1 saturated carbocycles. The Hall–Kier alpha value is -0.530. The van der Waals surface area contributed by atoms with Crippen LogP contribution in [0.25, 0.3) is 0 Å². The Morgan fingerprint density at radius 1 is 1.35 bits per heavy atom. The maximum Gasteiger partial charge on any atom is 0.312 e. The lowest BCUT2D eigenvalue weighted by molar-refractivity contribution is -0.149. The molecule has 3 atom stereocenters. The first-order valence-electron chi connectivity index (χ1n) is 7.10. The van der Waals surface area contributed by atoms with Crippen molar-refractivity contribution in [3.05, 3.63) is 0 Å². The molecular formula is C15H26O2. The minimum Gasteiger partial charge on any atom is -0.462 e. The van der Waals surface area contributed by atoms with Gasteiger partial charge in [0.15, 0.2) is 0 Å². The highest BCUT2D eigenvalue weighted by atomic mass is 16.6. The van der Waals surface area contributed by atoms with Crippen LogP contribution in [-0.2, 0) is 9.53 Å². The molecule has 0 bridgehead atoms. The molecular weight excluding hydrogens is 212 g/mol. The largest absolute Gasteiger partial charge is 0.462 e. The van der Waals surface area contributed by atoms with Gasteiger partial charge >= 0.3 is 5.97 Å². The summed E-state index contributed by atoms with van der Waals surface area (Å²) in [5.41, 5.74) is 0.147. The van der Waals surface area contributed by atoms with E-state index in [1.54, 1.807) is 0 Å². The van der Waals surface area contributed by atoms with E-state index >= 15 is 0 Å². The summed E-state index contributed by atoms with van der Waals surface area (Å²) in [4.78, 5) is 12.2. The number of carbonyl (C=O) groups excluding carboxylic acids is 1. The molecule has 1 saturated heterocycles. The summed E-state index contributed by atoms with van der Waals surface area (Å²) in [6.07, 6.45) is 6.92. The van der Waals surface area contributed by atoms with Crippen LogP contribution in [0.1, 0.15) is 66.2 Å². The Kier molecular flexibility index (Phi) is 3.26. The topological polar surface area (TPSA) is 26.3 Å². The van der Waals surface area contributed by atoms with Crippen molar-refractivity contribution in [1.82, 2.24) is 0 Å². The smallest absolute Gasteiger partial charge is 0.312 e. The molecule has 0 radical (unpaired) electrons. The van der Waals surface area contributed by atoms with Gasteiger partial charge in [0.1, 0.15) is 6.10 Å². The van der Waals surface area contributed by atoms with Crippen LogP contribution in [0.4, 0.5) is 0 Å². The van der Waals surface area contributed by atoms with Crippen LogP contribution in [-0.4, -0.2) is 12.1 Å². The van der Waals surface area contributed by atoms with Crippen molar-refractivity contribution in [1.29, 1.82) is 0 Å². The van der Waals surface area contributed by atoms with Crippen LogP contribution in [0.2, 0.25) is 0 Å². The van der Waals surface area contributed by atoms with Crippen LogP contribution < -0.4 is 0 Å². The second-order valence-corrected chi connectivity index (χ2v) is 6.98. The van der Waals surface area contributed by atoms with E-state index in [9.17, 15) is 4.79 Å². The van der Waals surface area contributed by atoms with Gasteiger partial charge in [-0.2, -0.15) is 0 Å². The molecule has 1 aliphatic heterocycles. The zero-order valence-corrected chi connectivity index (χ0v) is 11.7. The molecule has 1 heterocycles. The number of rotatable bonds is 3. The first-order chi connectivity index (χ1) is 7.89. The van der Waals surface area contributed by atoms with Crippen LogP contribution in [0.5, 0.6) is 0 Å². The maximum atomic E-state index is 12.2.